The Labute approximate surface area is 418 Å². The fourth-order valence-corrected chi connectivity index (χ4v) is 11.5. The number of nitrogens with zero attached hydrogens (tertiary/aromatic N) is 2. The lowest BCUT2D eigenvalue weighted by molar-refractivity contribution is 1.18. The summed E-state index contributed by atoms with van der Waals surface area (Å²) in [4.78, 5) is 2.47. The molecule has 0 fully saturated rings. The lowest BCUT2D eigenvalue weighted by Gasteiger charge is -2.30. The molecule has 336 valence electrons. The first-order valence-corrected chi connectivity index (χ1v) is 24.8. The Morgan fingerprint density at radius 1 is 0.250 bits per heavy atom. The van der Waals surface area contributed by atoms with E-state index < -0.39 is 0 Å². The highest BCUT2D eigenvalue weighted by molar-refractivity contribution is 6.22. The zero-order valence-electron chi connectivity index (χ0n) is 39.5. The fraction of sp³-hybridized carbons (Fsp3) is 0. The largest absolute Gasteiger partial charge is 0.309 e. The van der Waals surface area contributed by atoms with Crippen molar-refractivity contribution in [1.82, 2.24) is 4.57 Å². The number of anilines is 3. The van der Waals surface area contributed by atoms with E-state index in [0.717, 1.165) is 45.0 Å². The van der Waals surface area contributed by atoms with Crippen molar-refractivity contribution in [1.29, 1.82) is 0 Å². The number of fused-ring (bicyclic) bond motifs is 10. The molecule has 0 unspecified atom stereocenters. The third-order valence-corrected chi connectivity index (χ3v) is 14.8. The second-order valence-corrected chi connectivity index (χ2v) is 18.8. The van der Waals surface area contributed by atoms with Gasteiger partial charge in [0.1, 0.15) is 0 Å². The van der Waals surface area contributed by atoms with Gasteiger partial charge >= 0.3 is 0 Å². The number of hydrogen-bond acceptors (Lipinski definition) is 1. The minimum absolute atomic E-state index is 1.07. The highest BCUT2D eigenvalue weighted by Crippen LogP contribution is 2.48. The van der Waals surface area contributed by atoms with Gasteiger partial charge in [0.2, 0.25) is 0 Å². The van der Waals surface area contributed by atoms with Crippen molar-refractivity contribution in [2.24, 2.45) is 0 Å². The van der Waals surface area contributed by atoms with E-state index in [-0.39, 0.29) is 0 Å². The summed E-state index contributed by atoms with van der Waals surface area (Å²) >= 11 is 0. The highest BCUT2D eigenvalue weighted by atomic mass is 15.1. The average Bonchev–Trinajstić information content (AvgIpc) is 3.80. The SMILES string of the molecule is c1ccc(-c2ccc(-c3ccccc3N(c3ccc(-c4cc5c6ccccc6ccc5c5ccccc45)cc3)c3ccccc3-c3ccccc3-n3c4ccccc4c4c5ccccc5ccc43)cc2)cc1. The number of aromatic nitrogens is 1. The van der Waals surface area contributed by atoms with Crippen LogP contribution in [0.25, 0.3) is 115 Å². The molecule has 0 spiro atoms. The quantitative estimate of drug-likeness (QED) is 0.138. The van der Waals surface area contributed by atoms with E-state index in [9.17, 15) is 0 Å². The first kappa shape index (κ1) is 41.5. The van der Waals surface area contributed by atoms with Crippen LogP contribution in [0.1, 0.15) is 0 Å². The topological polar surface area (TPSA) is 8.17 Å². The summed E-state index contributed by atoms with van der Waals surface area (Å²) in [6.07, 6.45) is 0. The van der Waals surface area contributed by atoms with Gasteiger partial charge in [-0.25, -0.2) is 0 Å². The van der Waals surface area contributed by atoms with Gasteiger partial charge in [0.15, 0.2) is 0 Å². The minimum atomic E-state index is 1.07. The molecule has 0 saturated carbocycles. The third-order valence-electron chi connectivity index (χ3n) is 14.8. The third kappa shape index (κ3) is 6.80. The lowest BCUT2D eigenvalue weighted by Crippen LogP contribution is -2.13. The number of hydrogen-bond donors (Lipinski definition) is 0. The second kappa shape index (κ2) is 17.2. The van der Waals surface area contributed by atoms with Crippen LogP contribution in [-0.4, -0.2) is 4.57 Å². The van der Waals surface area contributed by atoms with E-state index in [1.54, 1.807) is 0 Å². The molecule has 14 aromatic rings. The van der Waals surface area contributed by atoms with E-state index in [2.05, 4.69) is 289 Å². The van der Waals surface area contributed by atoms with E-state index in [0.29, 0.717) is 0 Å². The molecular formula is C70H46N2. The van der Waals surface area contributed by atoms with Crippen LogP contribution in [0.5, 0.6) is 0 Å². The maximum Gasteiger partial charge on any atom is 0.0547 e. The second-order valence-electron chi connectivity index (χ2n) is 18.8. The predicted molar refractivity (Wildman–Crippen MR) is 307 cm³/mol. The van der Waals surface area contributed by atoms with Gasteiger partial charge in [0.05, 0.1) is 28.1 Å². The maximum atomic E-state index is 2.47. The van der Waals surface area contributed by atoms with Crippen LogP contribution in [0.15, 0.2) is 279 Å². The molecule has 0 saturated heterocycles. The molecule has 0 radical (unpaired) electrons. The monoisotopic (exact) mass is 914 g/mol. The fourth-order valence-electron chi connectivity index (χ4n) is 11.5. The molecular weight excluding hydrogens is 869 g/mol. The Morgan fingerprint density at radius 2 is 0.750 bits per heavy atom. The zero-order valence-corrected chi connectivity index (χ0v) is 39.5. The van der Waals surface area contributed by atoms with Gasteiger partial charge < -0.3 is 9.47 Å². The molecule has 2 nitrogen and oxygen atoms in total. The molecule has 0 amide bonds. The number of benzene rings is 13. The molecule has 0 atom stereocenters. The van der Waals surface area contributed by atoms with Gasteiger partial charge in [-0.3, -0.25) is 0 Å². The lowest BCUT2D eigenvalue weighted by atomic mass is 9.91. The van der Waals surface area contributed by atoms with Crippen molar-refractivity contribution < 1.29 is 0 Å². The Balaban J connectivity index is 0.977. The smallest absolute Gasteiger partial charge is 0.0547 e. The van der Waals surface area contributed by atoms with Gasteiger partial charge in [0, 0.05) is 33.2 Å². The zero-order chi connectivity index (χ0) is 47.5. The maximum absolute atomic E-state index is 2.47. The van der Waals surface area contributed by atoms with Crippen molar-refractivity contribution in [2.45, 2.75) is 0 Å². The predicted octanol–water partition coefficient (Wildman–Crippen LogP) is 19.5. The summed E-state index contributed by atoms with van der Waals surface area (Å²) in [5, 5.41) is 12.6. The van der Waals surface area contributed by atoms with Gasteiger partial charge in [-0.15, -0.1) is 0 Å². The van der Waals surface area contributed by atoms with Crippen molar-refractivity contribution in [3.63, 3.8) is 0 Å². The van der Waals surface area contributed by atoms with Crippen LogP contribution in [0.2, 0.25) is 0 Å². The van der Waals surface area contributed by atoms with Crippen LogP contribution in [-0.2, 0) is 0 Å². The van der Waals surface area contributed by atoms with Crippen LogP contribution >= 0.6 is 0 Å². The van der Waals surface area contributed by atoms with E-state index in [4.69, 9.17) is 0 Å². The molecule has 0 N–H and O–H groups in total. The van der Waals surface area contributed by atoms with Crippen molar-refractivity contribution >= 4 is 82.0 Å². The summed E-state index contributed by atoms with van der Waals surface area (Å²) in [5.74, 6) is 0. The van der Waals surface area contributed by atoms with Crippen molar-refractivity contribution in [3.8, 4) is 50.2 Å². The molecule has 72 heavy (non-hydrogen) atoms. The molecule has 0 bridgehead atoms. The highest BCUT2D eigenvalue weighted by Gasteiger charge is 2.24. The molecule has 14 rings (SSSR count). The molecule has 1 aromatic heterocycles. The van der Waals surface area contributed by atoms with Gasteiger partial charge in [-0.2, -0.15) is 0 Å². The van der Waals surface area contributed by atoms with Crippen molar-refractivity contribution in [3.05, 3.63) is 279 Å². The molecule has 0 aliphatic heterocycles. The summed E-state index contributed by atoms with van der Waals surface area (Å²) in [6, 6.07) is 102. The van der Waals surface area contributed by atoms with Gasteiger partial charge in [-0.05, 0) is 119 Å². The Kier molecular flexibility index (Phi) is 9.89. The molecule has 2 heteroatoms. The molecule has 1 heterocycles. The Bertz CT molecular complexity index is 4370. The Hall–Kier alpha value is -9.50. The van der Waals surface area contributed by atoms with Crippen LogP contribution in [0.4, 0.5) is 17.1 Å². The van der Waals surface area contributed by atoms with E-state index in [1.165, 1.54) is 87.1 Å². The molecule has 0 aliphatic rings. The van der Waals surface area contributed by atoms with Gasteiger partial charge in [-0.1, -0.05) is 231 Å². The summed E-state index contributed by atoms with van der Waals surface area (Å²) in [6.45, 7) is 0. The average molecular weight is 915 g/mol. The Morgan fingerprint density at radius 3 is 1.53 bits per heavy atom. The van der Waals surface area contributed by atoms with Crippen LogP contribution in [0, 0.1) is 0 Å². The molecule has 13 aromatic carbocycles. The summed E-state index contributed by atoms with van der Waals surface area (Å²) in [5.41, 5.74) is 16.1. The molecule has 0 aliphatic carbocycles. The van der Waals surface area contributed by atoms with Gasteiger partial charge in [0.25, 0.3) is 0 Å². The standard InChI is InChI=1S/C70H46N2/c1-2-18-47(19-3-1)48-34-36-51(37-35-48)55-23-10-14-30-65(55)71(53-42-38-52(39-43-53)63-46-64-54-22-6-4-20-49(54)40-44-59(64)57-25-8-9-26-58(57)63)66-31-15-11-27-60(66)61-28-12-16-32-67(61)72-68-33-17-13-29-62(68)70-56-24-7-5-21-50(56)41-45-69(70)72/h1-46H. The number of para-hydroxylation sites is 4. The summed E-state index contributed by atoms with van der Waals surface area (Å²) < 4.78 is 2.47. The first-order chi connectivity index (χ1) is 35.7. The van der Waals surface area contributed by atoms with E-state index >= 15 is 0 Å². The van der Waals surface area contributed by atoms with Crippen LogP contribution < -0.4 is 4.90 Å². The summed E-state index contributed by atoms with van der Waals surface area (Å²) in [7, 11) is 0. The van der Waals surface area contributed by atoms with Crippen LogP contribution in [0.3, 0.4) is 0 Å². The number of rotatable bonds is 8. The van der Waals surface area contributed by atoms with E-state index in [1.807, 2.05) is 0 Å². The normalized spacial score (nSPS) is 11.6. The first-order valence-electron chi connectivity index (χ1n) is 24.8. The van der Waals surface area contributed by atoms with Crippen molar-refractivity contribution in [2.75, 3.05) is 4.90 Å². The minimum Gasteiger partial charge on any atom is -0.309 e.